The molecule has 122 valence electrons. The number of carbonyl (C=O) groups excluding carboxylic acids is 1. The first-order chi connectivity index (χ1) is 10.2. The van der Waals surface area contributed by atoms with Gasteiger partial charge in [-0.05, 0) is 61.3 Å². The lowest BCUT2D eigenvalue weighted by molar-refractivity contribution is 0.00958. The zero-order valence-electron chi connectivity index (χ0n) is 13.2. The van der Waals surface area contributed by atoms with E-state index in [1.165, 1.54) is 0 Å². The quantitative estimate of drug-likeness (QED) is 0.742. The molecule has 2 rings (SSSR count). The Kier molecular flexibility index (Phi) is 5.35. The Hall–Kier alpha value is -0.850. The molecular weight excluding hydrogens is 370 g/mol. The fourth-order valence-corrected chi connectivity index (χ4v) is 3.12. The molecule has 0 radical (unpaired) electrons. The summed E-state index contributed by atoms with van der Waals surface area (Å²) in [4.78, 5) is 18.2. The number of piperazine rings is 1. The van der Waals surface area contributed by atoms with Gasteiger partial charge in [0.1, 0.15) is 15.4 Å². The number of carbonyl (C=O) groups is 1. The van der Waals surface area contributed by atoms with Crippen LogP contribution in [0, 0.1) is 0 Å². The number of hydrogen-bond acceptors (Lipinski definition) is 4. The van der Waals surface area contributed by atoms with Crippen LogP contribution < -0.4 is 5.32 Å². The van der Waals surface area contributed by atoms with Crippen LogP contribution in [0.3, 0.4) is 0 Å². The van der Waals surface area contributed by atoms with Crippen LogP contribution in [0.1, 0.15) is 39.3 Å². The van der Waals surface area contributed by atoms with Gasteiger partial charge >= 0.3 is 6.09 Å². The van der Waals surface area contributed by atoms with E-state index in [9.17, 15) is 4.79 Å². The van der Waals surface area contributed by atoms with Crippen LogP contribution in [0.4, 0.5) is 4.79 Å². The highest BCUT2D eigenvalue weighted by Crippen LogP contribution is 2.25. The molecule has 22 heavy (non-hydrogen) atoms. The van der Waals surface area contributed by atoms with Gasteiger partial charge in [0.25, 0.3) is 0 Å². The van der Waals surface area contributed by atoms with Gasteiger partial charge in [-0.25, -0.2) is 9.78 Å². The Bertz CT molecular complexity index is 542. The number of halogens is 2. The van der Waals surface area contributed by atoms with Gasteiger partial charge in [0.2, 0.25) is 0 Å². The number of amides is 1. The summed E-state index contributed by atoms with van der Waals surface area (Å²) in [6, 6.07) is 3.80. The molecule has 0 spiro atoms. The average molecular weight is 391 g/mol. The molecule has 0 aromatic carbocycles. The number of pyridine rings is 1. The number of ether oxygens (including phenoxy) is 1. The lowest BCUT2D eigenvalue weighted by Crippen LogP contribution is -2.54. The SMILES string of the molecule is CC1CN[C@@H](c2cc(Cl)nc(Br)c2)CN1C(=O)OC(C)(C)C. The Morgan fingerprint density at radius 1 is 1.50 bits per heavy atom. The smallest absolute Gasteiger partial charge is 0.410 e. The summed E-state index contributed by atoms with van der Waals surface area (Å²) in [6.45, 7) is 8.84. The fourth-order valence-electron chi connectivity index (χ4n) is 2.35. The van der Waals surface area contributed by atoms with E-state index >= 15 is 0 Å². The summed E-state index contributed by atoms with van der Waals surface area (Å²) in [5.74, 6) is 0. The van der Waals surface area contributed by atoms with Gasteiger partial charge in [-0.15, -0.1) is 0 Å². The van der Waals surface area contributed by atoms with Gasteiger partial charge in [0, 0.05) is 19.1 Å². The van der Waals surface area contributed by atoms with E-state index in [-0.39, 0.29) is 18.2 Å². The van der Waals surface area contributed by atoms with Crippen molar-refractivity contribution in [2.75, 3.05) is 13.1 Å². The second-order valence-electron chi connectivity index (χ2n) is 6.49. The van der Waals surface area contributed by atoms with Crippen molar-refractivity contribution < 1.29 is 9.53 Å². The molecule has 7 heteroatoms. The lowest BCUT2D eigenvalue weighted by Gasteiger charge is -2.39. The Labute approximate surface area is 144 Å². The number of rotatable bonds is 1. The van der Waals surface area contributed by atoms with Gasteiger partial charge in [-0.3, -0.25) is 0 Å². The highest BCUT2D eigenvalue weighted by Gasteiger charge is 2.32. The lowest BCUT2D eigenvalue weighted by atomic mass is 10.0. The summed E-state index contributed by atoms with van der Waals surface area (Å²) >= 11 is 9.36. The van der Waals surface area contributed by atoms with Crippen LogP contribution in [-0.4, -0.2) is 40.7 Å². The van der Waals surface area contributed by atoms with Crippen molar-refractivity contribution in [2.24, 2.45) is 0 Å². The highest BCUT2D eigenvalue weighted by molar-refractivity contribution is 9.10. The van der Waals surface area contributed by atoms with Crippen LogP contribution in [0.25, 0.3) is 0 Å². The molecule has 2 atom stereocenters. The molecule has 1 unspecified atom stereocenters. The highest BCUT2D eigenvalue weighted by atomic mass is 79.9. The first-order valence-corrected chi connectivity index (χ1v) is 8.39. The molecule has 0 saturated carbocycles. The molecule has 1 aliphatic heterocycles. The molecule has 0 bridgehead atoms. The van der Waals surface area contributed by atoms with Crippen molar-refractivity contribution in [2.45, 2.75) is 45.4 Å². The third-order valence-electron chi connectivity index (χ3n) is 3.39. The summed E-state index contributed by atoms with van der Waals surface area (Å²) < 4.78 is 6.17. The van der Waals surface area contributed by atoms with Gasteiger partial charge in [0.05, 0.1) is 6.04 Å². The van der Waals surface area contributed by atoms with E-state index in [2.05, 4.69) is 26.2 Å². The van der Waals surface area contributed by atoms with Crippen molar-refractivity contribution in [3.8, 4) is 0 Å². The Balaban J connectivity index is 2.15. The third kappa shape index (κ3) is 4.57. The number of nitrogens with zero attached hydrogens (tertiary/aromatic N) is 2. The zero-order valence-corrected chi connectivity index (χ0v) is 15.5. The summed E-state index contributed by atoms with van der Waals surface area (Å²) in [6.07, 6.45) is -0.286. The molecular formula is C15H21BrClN3O2. The van der Waals surface area contributed by atoms with Crippen molar-refractivity contribution in [3.63, 3.8) is 0 Å². The molecule has 0 aliphatic carbocycles. The molecule has 1 aromatic heterocycles. The standard InChI is InChI=1S/C15H21BrClN3O2/c1-9-7-18-11(10-5-12(16)19-13(17)6-10)8-20(9)14(21)22-15(2,3)4/h5-6,9,11,18H,7-8H2,1-4H3/t9?,11-/m1/s1. The first-order valence-electron chi connectivity index (χ1n) is 7.22. The molecule has 5 nitrogen and oxygen atoms in total. The minimum absolute atomic E-state index is 0.000480. The summed E-state index contributed by atoms with van der Waals surface area (Å²) in [5, 5.41) is 3.86. The van der Waals surface area contributed by atoms with E-state index < -0.39 is 5.60 Å². The molecule has 2 heterocycles. The third-order valence-corrected chi connectivity index (χ3v) is 3.99. The molecule has 1 aromatic rings. The van der Waals surface area contributed by atoms with Crippen molar-refractivity contribution in [3.05, 3.63) is 27.5 Å². The molecule has 1 saturated heterocycles. The van der Waals surface area contributed by atoms with E-state index in [1.54, 1.807) is 4.90 Å². The summed E-state index contributed by atoms with van der Waals surface area (Å²) in [5.41, 5.74) is 0.493. The minimum Gasteiger partial charge on any atom is -0.444 e. The fraction of sp³-hybridized carbons (Fsp3) is 0.600. The van der Waals surface area contributed by atoms with E-state index in [1.807, 2.05) is 39.8 Å². The predicted octanol–water partition coefficient (Wildman–Crippen LogP) is 3.77. The summed E-state index contributed by atoms with van der Waals surface area (Å²) in [7, 11) is 0. The van der Waals surface area contributed by atoms with Crippen molar-refractivity contribution >= 4 is 33.6 Å². The van der Waals surface area contributed by atoms with Crippen molar-refractivity contribution in [1.82, 2.24) is 15.2 Å². The molecule has 1 fully saturated rings. The van der Waals surface area contributed by atoms with Crippen LogP contribution >= 0.6 is 27.5 Å². The van der Waals surface area contributed by atoms with Crippen LogP contribution in [0.5, 0.6) is 0 Å². The average Bonchev–Trinajstić information content (AvgIpc) is 2.35. The van der Waals surface area contributed by atoms with Gasteiger partial charge in [-0.1, -0.05) is 11.6 Å². The number of nitrogens with one attached hydrogen (secondary N) is 1. The molecule has 1 aliphatic rings. The largest absolute Gasteiger partial charge is 0.444 e. The minimum atomic E-state index is -0.500. The molecule has 1 amide bonds. The Morgan fingerprint density at radius 2 is 2.18 bits per heavy atom. The maximum Gasteiger partial charge on any atom is 0.410 e. The Morgan fingerprint density at radius 3 is 2.77 bits per heavy atom. The van der Waals surface area contributed by atoms with Gasteiger partial charge in [-0.2, -0.15) is 0 Å². The second kappa shape index (κ2) is 6.72. The second-order valence-corrected chi connectivity index (χ2v) is 7.69. The van der Waals surface area contributed by atoms with E-state index in [0.29, 0.717) is 22.8 Å². The topological polar surface area (TPSA) is 54.5 Å². The van der Waals surface area contributed by atoms with Gasteiger partial charge < -0.3 is 15.0 Å². The monoisotopic (exact) mass is 389 g/mol. The maximum atomic E-state index is 12.4. The van der Waals surface area contributed by atoms with Crippen LogP contribution in [0.15, 0.2) is 16.7 Å². The van der Waals surface area contributed by atoms with Crippen LogP contribution in [0.2, 0.25) is 5.15 Å². The predicted molar refractivity (Wildman–Crippen MR) is 90.1 cm³/mol. The van der Waals surface area contributed by atoms with Crippen LogP contribution in [-0.2, 0) is 4.74 Å². The van der Waals surface area contributed by atoms with E-state index in [0.717, 1.165) is 5.56 Å². The molecule has 1 N–H and O–H groups in total. The number of aromatic nitrogens is 1. The zero-order chi connectivity index (χ0) is 16.5. The van der Waals surface area contributed by atoms with Gasteiger partial charge in [0.15, 0.2) is 0 Å². The normalized spacial score (nSPS) is 22.5. The maximum absolute atomic E-state index is 12.4. The first kappa shape index (κ1) is 17.5. The number of hydrogen-bond donors (Lipinski definition) is 1. The van der Waals surface area contributed by atoms with Crippen molar-refractivity contribution in [1.29, 1.82) is 0 Å². The van der Waals surface area contributed by atoms with E-state index in [4.69, 9.17) is 16.3 Å².